The first-order valence-electron chi connectivity index (χ1n) is 6.95. The van der Waals surface area contributed by atoms with Crippen molar-refractivity contribution in [2.24, 2.45) is 0 Å². The standard InChI is InChI=1S/C15H18N2O5S/c1-10-15(11(2)22-16-10)23(19,20)17-14(18)8-7-12-5-4-6-13(9-12)21-3/h4-6,9H,7-8H2,1-3H3,(H,17,18). The van der Waals surface area contributed by atoms with E-state index in [0.717, 1.165) is 5.56 Å². The van der Waals surface area contributed by atoms with Gasteiger partial charge in [0.1, 0.15) is 11.4 Å². The second kappa shape index (κ2) is 6.82. The molecule has 0 bridgehead atoms. The quantitative estimate of drug-likeness (QED) is 0.861. The Kier molecular flexibility index (Phi) is 5.05. The molecule has 0 spiro atoms. The normalized spacial score (nSPS) is 11.3. The predicted molar refractivity (Wildman–Crippen MR) is 82.6 cm³/mol. The van der Waals surface area contributed by atoms with Crippen LogP contribution in [0.2, 0.25) is 0 Å². The lowest BCUT2D eigenvalue weighted by molar-refractivity contribution is -0.119. The second-order valence-electron chi connectivity index (χ2n) is 5.03. The van der Waals surface area contributed by atoms with Crippen molar-refractivity contribution in [3.05, 3.63) is 41.3 Å². The van der Waals surface area contributed by atoms with Crippen LogP contribution >= 0.6 is 0 Å². The Labute approximate surface area is 134 Å². The summed E-state index contributed by atoms with van der Waals surface area (Å²) in [6, 6.07) is 7.26. The van der Waals surface area contributed by atoms with E-state index in [2.05, 4.69) is 5.16 Å². The van der Waals surface area contributed by atoms with Crippen LogP contribution in [0.1, 0.15) is 23.4 Å². The van der Waals surface area contributed by atoms with Crippen LogP contribution in [0.15, 0.2) is 33.7 Å². The Hall–Kier alpha value is -2.35. The summed E-state index contributed by atoms with van der Waals surface area (Å²) in [5.41, 5.74) is 1.10. The van der Waals surface area contributed by atoms with Gasteiger partial charge in [0.2, 0.25) is 5.91 Å². The Morgan fingerprint density at radius 2 is 2.09 bits per heavy atom. The minimum absolute atomic E-state index is 0.0375. The number of ether oxygens (including phenoxy) is 1. The van der Waals surface area contributed by atoms with Crippen LogP contribution in [-0.4, -0.2) is 26.6 Å². The molecule has 1 aromatic carbocycles. The molecule has 0 aliphatic carbocycles. The summed E-state index contributed by atoms with van der Waals surface area (Å²) in [5.74, 6) is 0.245. The first kappa shape index (κ1) is 17.0. The maximum atomic E-state index is 12.2. The number of carbonyl (C=O) groups is 1. The lowest BCUT2D eigenvalue weighted by atomic mass is 10.1. The van der Waals surface area contributed by atoms with E-state index in [-0.39, 0.29) is 22.8 Å². The maximum Gasteiger partial charge on any atom is 0.269 e. The van der Waals surface area contributed by atoms with Crippen LogP contribution in [-0.2, 0) is 21.2 Å². The lowest BCUT2D eigenvalue weighted by Gasteiger charge is -2.07. The zero-order valence-corrected chi connectivity index (χ0v) is 13.9. The summed E-state index contributed by atoms with van der Waals surface area (Å²) < 4.78 is 36.4. The van der Waals surface area contributed by atoms with Crippen LogP contribution in [0.25, 0.3) is 0 Å². The Morgan fingerprint density at radius 1 is 1.35 bits per heavy atom. The van der Waals surface area contributed by atoms with Crippen molar-refractivity contribution in [3.8, 4) is 5.75 Å². The molecule has 0 fully saturated rings. The fourth-order valence-electron chi connectivity index (χ4n) is 2.20. The SMILES string of the molecule is COc1cccc(CCC(=O)NS(=O)(=O)c2c(C)noc2C)c1. The highest BCUT2D eigenvalue weighted by atomic mass is 32.2. The van der Waals surface area contributed by atoms with E-state index in [0.29, 0.717) is 12.2 Å². The molecular formula is C15H18N2O5S. The van der Waals surface area contributed by atoms with E-state index in [1.807, 2.05) is 16.9 Å². The number of nitrogens with one attached hydrogen (secondary N) is 1. The number of rotatable bonds is 6. The van der Waals surface area contributed by atoms with Crippen LogP contribution in [0, 0.1) is 13.8 Å². The predicted octanol–water partition coefficient (Wildman–Crippen LogP) is 1.74. The van der Waals surface area contributed by atoms with Crippen LogP contribution in [0.5, 0.6) is 5.75 Å². The molecule has 7 nitrogen and oxygen atoms in total. The number of methoxy groups -OCH3 is 1. The minimum Gasteiger partial charge on any atom is -0.497 e. The van der Waals surface area contributed by atoms with Crippen molar-refractivity contribution >= 4 is 15.9 Å². The summed E-state index contributed by atoms with van der Waals surface area (Å²) in [7, 11) is -2.42. The number of hydrogen-bond donors (Lipinski definition) is 1. The van der Waals surface area contributed by atoms with E-state index in [4.69, 9.17) is 9.26 Å². The van der Waals surface area contributed by atoms with Crippen LogP contribution < -0.4 is 9.46 Å². The molecule has 0 aliphatic heterocycles. The van der Waals surface area contributed by atoms with Crippen molar-refractivity contribution in [2.75, 3.05) is 7.11 Å². The molecule has 0 saturated heterocycles. The van der Waals surface area contributed by atoms with E-state index >= 15 is 0 Å². The molecule has 1 amide bonds. The largest absolute Gasteiger partial charge is 0.497 e. The number of aryl methyl sites for hydroxylation is 3. The van der Waals surface area contributed by atoms with E-state index in [1.54, 1.807) is 19.2 Å². The molecule has 1 aromatic heterocycles. The van der Waals surface area contributed by atoms with Gasteiger partial charge in [-0.3, -0.25) is 4.79 Å². The number of amides is 1. The van der Waals surface area contributed by atoms with Crippen LogP contribution in [0.3, 0.4) is 0 Å². The van der Waals surface area contributed by atoms with Crippen molar-refractivity contribution in [3.63, 3.8) is 0 Å². The molecule has 2 rings (SSSR count). The minimum atomic E-state index is -3.98. The van der Waals surface area contributed by atoms with Gasteiger partial charge in [0.15, 0.2) is 10.7 Å². The molecule has 8 heteroatoms. The number of sulfonamides is 1. The van der Waals surface area contributed by atoms with Gasteiger partial charge in [-0.05, 0) is 38.0 Å². The molecule has 0 radical (unpaired) electrons. The van der Waals surface area contributed by atoms with Gasteiger partial charge in [0.25, 0.3) is 10.0 Å². The highest BCUT2D eigenvalue weighted by molar-refractivity contribution is 7.90. The van der Waals surface area contributed by atoms with Gasteiger partial charge in [0.05, 0.1) is 7.11 Å². The third-order valence-electron chi connectivity index (χ3n) is 3.26. The first-order chi connectivity index (χ1) is 10.8. The number of carbonyl (C=O) groups excluding carboxylic acids is 1. The highest BCUT2D eigenvalue weighted by Crippen LogP contribution is 2.19. The Bertz CT molecular complexity index is 792. The summed E-state index contributed by atoms with van der Waals surface area (Å²) in [6.07, 6.45) is 0.440. The Morgan fingerprint density at radius 3 is 2.70 bits per heavy atom. The monoisotopic (exact) mass is 338 g/mol. The molecule has 0 saturated carbocycles. The average Bonchev–Trinajstić information content (AvgIpc) is 2.84. The fraction of sp³-hybridized carbons (Fsp3) is 0.333. The maximum absolute atomic E-state index is 12.2. The summed E-state index contributed by atoms with van der Waals surface area (Å²) in [4.78, 5) is 11.8. The molecule has 124 valence electrons. The molecule has 0 aliphatic rings. The van der Waals surface area contributed by atoms with E-state index in [1.165, 1.54) is 13.8 Å². The molecule has 1 heterocycles. The van der Waals surface area contributed by atoms with Gasteiger partial charge in [-0.2, -0.15) is 0 Å². The number of benzene rings is 1. The number of aromatic nitrogens is 1. The van der Waals surface area contributed by atoms with Gasteiger partial charge < -0.3 is 9.26 Å². The molecule has 0 atom stereocenters. The van der Waals surface area contributed by atoms with Crippen molar-refractivity contribution in [1.29, 1.82) is 0 Å². The van der Waals surface area contributed by atoms with Crippen molar-refractivity contribution in [1.82, 2.24) is 9.88 Å². The van der Waals surface area contributed by atoms with Gasteiger partial charge in [-0.1, -0.05) is 17.3 Å². The zero-order valence-electron chi connectivity index (χ0n) is 13.1. The fourth-order valence-corrected chi connectivity index (χ4v) is 3.54. The molecule has 2 aromatic rings. The molecule has 0 unspecified atom stereocenters. The lowest BCUT2D eigenvalue weighted by Crippen LogP contribution is -2.31. The second-order valence-corrected chi connectivity index (χ2v) is 6.65. The third kappa shape index (κ3) is 4.10. The van der Waals surface area contributed by atoms with Crippen molar-refractivity contribution in [2.45, 2.75) is 31.6 Å². The van der Waals surface area contributed by atoms with Gasteiger partial charge in [-0.15, -0.1) is 0 Å². The molecule has 1 N–H and O–H groups in total. The summed E-state index contributed by atoms with van der Waals surface area (Å²) >= 11 is 0. The Balaban J connectivity index is 2.02. The topological polar surface area (TPSA) is 98.5 Å². The average molecular weight is 338 g/mol. The molecular weight excluding hydrogens is 320 g/mol. The van der Waals surface area contributed by atoms with Gasteiger partial charge in [0, 0.05) is 6.42 Å². The van der Waals surface area contributed by atoms with Gasteiger partial charge in [-0.25, -0.2) is 13.1 Å². The highest BCUT2D eigenvalue weighted by Gasteiger charge is 2.25. The third-order valence-corrected chi connectivity index (χ3v) is 4.88. The van der Waals surface area contributed by atoms with Crippen molar-refractivity contribution < 1.29 is 22.5 Å². The van der Waals surface area contributed by atoms with E-state index in [9.17, 15) is 13.2 Å². The zero-order chi connectivity index (χ0) is 17.0. The number of hydrogen-bond acceptors (Lipinski definition) is 6. The first-order valence-corrected chi connectivity index (χ1v) is 8.43. The molecule has 23 heavy (non-hydrogen) atoms. The van der Waals surface area contributed by atoms with E-state index < -0.39 is 15.9 Å². The number of nitrogens with zero attached hydrogens (tertiary/aromatic N) is 1. The van der Waals surface area contributed by atoms with Crippen LogP contribution in [0.4, 0.5) is 0 Å². The van der Waals surface area contributed by atoms with Gasteiger partial charge >= 0.3 is 0 Å². The smallest absolute Gasteiger partial charge is 0.269 e. The summed E-state index contributed by atoms with van der Waals surface area (Å²) in [5, 5.41) is 3.58. The summed E-state index contributed by atoms with van der Waals surface area (Å²) in [6.45, 7) is 2.99.